The van der Waals surface area contributed by atoms with Crippen molar-refractivity contribution in [2.45, 2.75) is 6.92 Å². The zero-order chi connectivity index (χ0) is 15.7. The Morgan fingerprint density at radius 1 is 1.38 bits per heavy atom. The molecule has 1 aromatic heterocycles. The number of carbonyl (C=O) groups is 2. The van der Waals surface area contributed by atoms with E-state index in [4.69, 9.17) is 4.74 Å². The van der Waals surface area contributed by atoms with Gasteiger partial charge in [-0.15, -0.1) is 0 Å². The quantitative estimate of drug-likeness (QED) is 0.594. The molecule has 21 heavy (non-hydrogen) atoms. The van der Waals surface area contributed by atoms with Gasteiger partial charge in [-0.05, 0) is 13.0 Å². The van der Waals surface area contributed by atoms with E-state index in [0.29, 0.717) is 19.7 Å². The van der Waals surface area contributed by atoms with Crippen molar-refractivity contribution in [1.29, 1.82) is 0 Å². The van der Waals surface area contributed by atoms with Crippen LogP contribution in [0.2, 0.25) is 0 Å². The molecule has 0 saturated heterocycles. The number of aromatic nitrogens is 1. The van der Waals surface area contributed by atoms with Crippen LogP contribution in [0.4, 0.5) is 10.2 Å². The molecule has 1 rings (SSSR count). The van der Waals surface area contributed by atoms with E-state index in [1.807, 2.05) is 0 Å². The molecule has 0 saturated carbocycles. The molecular weight excluding hydrogens is 279 g/mol. The second-order valence-corrected chi connectivity index (χ2v) is 4.08. The van der Waals surface area contributed by atoms with Gasteiger partial charge in [0.25, 0.3) is 5.91 Å². The predicted octanol–water partition coefficient (Wildman–Crippen LogP) is 0.145. The van der Waals surface area contributed by atoms with E-state index < -0.39 is 11.7 Å². The Balaban J connectivity index is 2.56. The molecule has 0 aliphatic carbocycles. The number of nitrogens with one attached hydrogen (secondary N) is 3. The van der Waals surface area contributed by atoms with Crippen LogP contribution in [-0.4, -0.2) is 50.1 Å². The first-order valence-electron chi connectivity index (χ1n) is 6.52. The number of rotatable bonds is 8. The van der Waals surface area contributed by atoms with Gasteiger partial charge in [0.1, 0.15) is 0 Å². The average molecular weight is 298 g/mol. The second-order valence-electron chi connectivity index (χ2n) is 4.08. The minimum Gasteiger partial charge on any atom is -0.383 e. The molecule has 0 spiro atoms. The molecule has 0 bridgehead atoms. The zero-order valence-electron chi connectivity index (χ0n) is 12.0. The third-order valence-electron chi connectivity index (χ3n) is 2.52. The number of anilines is 1. The normalized spacial score (nSPS) is 10.0. The van der Waals surface area contributed by atoms with Crippen LogP contribution < -0.4 is 16.0 Å². The summed E-state index contributed by atoms with van der Waals surface area (Å²) in [6.07, 6.45) is 1.33. The summed E-state index contributed by atoms with van der Waals surface area (Å²) in [6.45, 7) is 2.76. The van der Waals surface area contributed by atoms with Crippen LogP contribution in [0.15, 0.2) is 12.3 Å². The molecule has 7 nitrogen and oxygen atoms in total. The van der Waals surface area contributed by atoms with E-state index in [2.05, 4.69) is 20.9 Å². The molecule has 3 N–H and O–H groups in total. The molecule has 2 amide bonds. The highest BCUT2D eigenvalue weighted by molar-refractivity contribution is 5.97. The lowest BCUT2D eigenvalue weighted by Gasteiger charge is -2.09. The van der Waals surface area contributed by atoms with Crippen LogP contribution in [0.1, 0.15) is 17.3 Å². The van der Waals surface area contributed by atoms with E-state index in [1.165, 1.54) is 19.4 Å². The highest BCUT2D eigenvalue weighted by atomic mass is 19.1. The van der Waals surface area contributed by atoms with Gasteiger partial charge in [0.2, 0.25) is 5.91 Å². The minimum absolute atomic E-state index is 0.00898. The maximum atomic E-state index is 14.0. The number of amides is 2. The monoisotopic (exact) mass is 298 g/mol. The molecule has 8 heteroatoms. The second kappa shape index (κ2) is 8.85. The molecule has 0 radical (unpaired) electrons. The fourth-order valence-electron chi connectivity index (χ4n) is 1.52. The third-order valence-corrected chi connectivity index (χ3v) is 2.52. The number of carbonyl (C=O) groups excluding carboxylic acids is 2. The molecule has 0 atom stereocenters. The lowest BCUT2D eigenvalue weighted by atomic mass is 10.2. The SMILES string of the molecule is CCNc1nccc(C(=O)NCC(=O)NCCOC)c1F. The van der Waals surface area contributed by atoms with Gasteiger partial charge in [0, 0.05) is 26.4 Å². The molecule has 0 aromatic carbocycles. The lowest BCUT2D eigenvalue weighted by molar-refractivity contribution is -0.120. The zero-order valence-corrected chi connectivity index (χ0v) is 12.0. The number of nitrogens with zero attached hydrogens (tertiary/aromatic N) is 1. The van der Waals surface area contributed by atoms with Crippen LogP contribution >= 0.6 is 0 Å². The molecule has 1 aromatic rings. The number of hydrogen-bond donors (Lipinski definition) is 3. The van der Waals surface area contributed by atoms with Gasteiger partial charge in [0.15, 0.2) is 11.6 Å². The van der Waals surface area contributed by atoms with Crippen LogP contribution in [0.3, 0.4) is 0 Å². The van der Waals surface area contributed by atoms with E-state index in [1.54, 1.807) is 6.92 Å². The summed E-state index contributed by atoms with van der Waals surface area (Å²) in [5.41, 5.74) is -0.161. The maximum Gasteiger partial charge on any atom is 0.254 e. The van der Waals surface area contributed by atoms with Gasteiger partial charge in [-0.2, -0.15) is 0 Å². The van der Waals surface area contributed by atoms with E-state index in [0.717, 1.165) is 0 Å². The van der Waals surface area contributed by atoms with E-state index in [9.17, 15) is 14.0 Å². The fraction of sp³-hybridized carbons (Fsp3) is 0.462. The lowest BCUT2D eigenvalue weighted by Crippen LogP contribution is -2.38. The van der Waals surface area contributed by atoms with Gasteiger partial charge in [-0.3, -0.25) is 9.59 Å². The summed E-state index contributed by atoms with van der Waals surface area (Å²) in [5, 5.41) is 7.60. The van der Waals surface area contributed by atoms with Gasteiger partial charge in [-0.1, -0.05) is 0 Å². The van der Waals surface area contributed by atoms with E-state index in [-0.39, 0.29) is 23.8 Å². The summed E-state index contributed by atoms with van der Waals surface area (Å²) >= 11 is 0. The maximum absolute atomic E-state index is 14.0. The van der Waals surface area contributed by atoms with Crippen molar-refractivity contribution in [3.8, 4) is 0 Å². The highest BCUT2D eigenvalue weighted by Crippen LogP contribution is 2.14. The topological polar surface area (TPSA) is 92.4 Å². The Morgan fingerprint density at radius 2 is 2.14 bits per heavy atom. The Morgan fingerprint density at radius 3 is 2.81 bits per heavy atom. The molecule has 0 fully saturated rings. The van der Waals surface area contributed by atoms with Crippen LogP contribution in [0, 0.1) is 5.82 Å². The Kier molecular flexibility index (Phi) is 7.10. The summed E-state index contributed by atoms with van der Waals surface area (Å²) in [7, 11) is 1.52. The smallest absolute Gasteiger partial charge is 0.254 e. The molecule has 0 aliphatic heterocycles. The molecule has 0 unspecified atom stereocenters. The standard InChI is InChI=1S/C13H19FN4O3/c1-3-15-12-11(14)9(4-5-17-12)13(20)18-8-10(19)16-6-7-21-2/h4-5H,3,6-8H2,1-2H3,(H,15,17)(H,16,19)(H,18,20). The Hall–Kier alpha value is -2.22. The van der Waals surface area contributed by atoms with Gasteiger partial charge in [0.05, 0.1) is 18.7 Å². The summed E-state index contributed by atoms with van der Waals surface area (Å²) in [6, 6.07) is 1.26. The number of hydrogen-bond acceptors (Lipinski definition) is 5. The van der Waals surface area contributed by atoms with Crippen LogP contribution in [-0.2, 0) is 9.53 Å². The first-order chi connectivity index (χ1) is 10.1. The van der Waals surface area contributed by atoms with Crippen molar-refractivity contribution >= 4 is 17.6 Å². The minimum atomic E-state index is -0.739. The number of pyridine rings is 1. The molecular formula is C13H19FN4O3. The summed E-state index contributed by atoms with van der Waals surface area (Å²) in [4.78, 5) is 27.1. The summed E-state index contributed by atoms with van der Waals surface area (Å²) in [5.74, 6) is -1.77. The third kappa shape index (κ3) is 5.35. The Bertz CT molecular complexity index is 496. The average Bonchev–Trinajstić information content (AvgIpc) is 2.47. The van der Waals surface area contributed by atoms with Crippen LogP contribution in [0.5, 0.6) is 0 Å². The molecule has 1 heterocycles. The number of methoxy groups -OCH3 is 1. The Labute approximate surface area is 122 Å². The van der Waals surface area contributed by atoms with Crippen molar-refractivity contribution in [2.75, 3.05) is 38.7 Å². The number of halogens is 1. The van der Waals surface area contributed by atoms with Crippen LogP contribution in [0.25, 0.3) is 0 Å². The van der Waals surface area contributed by atoms with Gasteiger partial charge < -0.3 is 20.7 Å². The van der Waals surface area contributed by atoms with Gasteiger partial charge in [-0.25, -0.2) is 9.37 Å². The van der Waals surface area contributed by atoms with Crippen molar-refractivity contribution in [2.24, 2.45) is 0 Å². The van der Waals surface area contributed by atoms with Crippen molar-refractivity contribution < 1.29 is 18.7 Å². The molecule has 116 valence electrons. The molecule has 0 aliphatic rings. The first kappa shape index (κ1) is 16.8. The predicted molar refractivity (Wildman–Crippen MR) is 75.6 cm³/mol. The first-order valence-corrected chi connectivity index (χ1v) is 6.52. The number of ether oxygens (including phenoxy) is 1. The largest absolute Gasteiger partial charge is 0.383 e. The fourth-order valence-corrected chi connectivity index (χ4v) is 1.52. The van der Waals surface area contributed by atoms with Crippen molar-refractivity contribution in [3.63, 3.8) is 0 Å². The summed E-state index contributed by atoms with van der Waals surface area (Å²) < 4.78 is 18.8. The highest BCUT2D eigenvalue weighted by Gasteiger charge is 2.16. The van der Waals surface area contributed by atoms with Crippen molar-refractivity contribution in [3.05, 3.63) is 23.6 Å². The van der Waals surface area contributed by atoms with Crippen molar-refractivity contribution in [1.82, 2.24) is 15.6 Å². The van der Waals surface area contributed by atoms with E-state index >= 15 is 0 Å². The van der Waals surface area contributed by atoms with Gasteiger partial charge >= 0.3 is 0 Å².